The van der Waals surface area contributed by atoms with E-state index in [9.17, 15) is 4.79 Å². The minimum absolute atomic E-state index is 0.0404. The van der Waals surface area contributed by atoms with Crippen LogP contribution in [-0.4, -0.2) is 64.2 Å². The fraction of sp³-hybridized carbons (Fsp3) is 0.812. The Hall–Kier alpha value is -1.05. The van der Waals surface area contributed by atoms with E-state index >= 15 is 0 Å². The SMILES string of the molecule is CCc1nnc(NC(=O)CCN2CC(N3CCCC[C@H]3C)C2)s1. The second kappa shape index (κ2) is 7.68. The summed E-state index contributed by atoms with van der Waals surface area (Å²) in [5, 5.41) is 12.4. The van der Waals surface area contributed by atoms with Gasteiger partial charge >= 0.3 is 0 Å². The van der Waals surface area contributed by atoms with E-state index in [0.29, 0.717) is 17.6 Å². The highest BCUT2D eigenvalue weighted by Gasteiger charge is 2.34. The van der Waals surface area contributed by atoms with E-state index in [1.807, 2.05) is 6.92 Å². The molecule has 23 heavy (non-hydrogen) atoms. The lowest BCUT2D eigenvalue weighted by Gasteiger charge is -2.49. The van der Waals surface area contributed by atoms with Crippen molar-refractivity contribution >= 4 is 22.4 Å². The van der Waals surface area contributed by atoms with Crippen LogP contribution in [0.15, 0.2) is 0 Å². The number of nitrogens with one attached hydrogen (secondary N) is 1. The molecule has 2 fully saturated rings. The Morgan fingerprint density at radius 1 is 1.35 bits per heavy atom. The summed E-state index contributed by atoms with van der Waals surface area (Å²) in [6, 6.07) is 1.42. The van der Waals surface area contributed by atoms with Gasteiger partial charge in [-0.05, 0) is 32.7 Å². The van der Waals surface area contributed by atoms with Crippen molar-refractivity contribution in [3.8, 4) is 0 Å². The van der Waals surface area contributed by atoms with E-state index in [1.54, 1.807) is 0 Å². The van der Waals surface area contributed by atoms with Gasteiger partial charge in [0.15, 0.2) is 0 Å². The van der Waals surface area contributed by atoms with Gasteiger partial charge in [-0.2, -0.15) is 0 Å². The van der Waals surface area contributed by atoms with Gasteiger partial charge in [0.1, 0.15) is 5.01 Å². The first-order valence-electron chi connectivity index (χ1n) is 8.76. The molecular formula is C16H27N5OS. The maximum Gasteiger partial charge on any atom is 0.227 e. The van der Waals surface area contributed by atoms with Crippen molar-refractivity contribution < 1.29 is 4.79 Å². The average Bonchev–Trinajstić information content (AvgIpc) is 2.95. The highest BCUT2D eigenvalue weighted by Crippen LogP contribution is 2.24. The largest absolute Gasteiger partial charge is 0.300 e. The molecule has 6 nitrogen and oxygen atoms in total. The van der Waals surface area contributed by atoms with Crippen LogP contribution in [0.2, 0.25) is 0 Å². The molecule has 0 radical (unpaired) electrons. The van der Waals surface area contributed by atoms with Gasteiger partial charge in [-0.3, -0.25) is 14.6 Å². The predicted molar refractivity (Wildman–Crippen MR) is 92.8 cm³/mol. The van der Waals surface area contributed by atoms with Crippen molar-refractivity contribution in [1.82, 2.24) is 20.0 Å². The normalized spacial score (nSPS) is 23.7. The van der Waals surface area contributed by atoms with Crippen LogP contribution in [0.5, 0.6) is 0 Å². The quantitative estimate of drug-likeness (QED) is 0.860. The monoisotopic (exact) mass is 337 g/mol. The van der Waals surface area contributed by atoms with Crippen molar-refractivity contribution in [2.24, 2.45) is 0 Å². The van der Waals surface area contributed by atoms with Crippen LogP contribution in [0.25, 0.3) is 0 Å². The van der Waals surface area contributed by atoms with Gasteiger partial charge in [-0.25, -0.2) is 0 Å². The molecule has 1 atom stereocenters. The molecule has 2 aliphatic heterocycles. The summed E-state index contributed by atoms with van der Waals surface area (Å²) in [6.07, 6.45) is 5.44. The second-order valence-electron chi connectivity index (χ2n) is 6.65. The first-order valence-corrected chi connectivity index (χ1v) is 9.57. The van der Waals surface area contributed by atoms with Crippen LogP contribution < -0.4 is 5.32 Å². The fourth-order valence-electron chi connectivity index (χ4n) is 3.49. The number of carbonyl (C=O) groups excluding carboxylic acids is 1. The number of rotatable bonds is 6. The summed E-state index contributed by atoms with van der Waals surface area (Å²) in [5.41, 5.74) is 0. The van der Waals surface area contributed by atoms with Crippen LogP contribution in [0.4, 0.5) is 5.13 Å². The maximum atomic E-state index is 12.0. The molecule has 1 N–H and O–H groups in total. The van der Waals surface area contributed by atoms with Gasteiger partial charge in [-0.15, -0.1) is 10.2 Å². The molecule has 0 spiro atoms. The molecule has 0 aliphatic carbocycles. The zero-order chi connectivity index (χ0) is 16.2. The van der Waals surface area contributed by atoms with Crippen molar-refractivity contribution in [1.29, 1.82) is 0 Å². The van der Waals surface area contributed by atoms with Gasteiger partial charge in [0, 0.05) is 38.1 Å². The number of nitrogens with zero attached hydrogens (tertiary/aromatic N) is 4. The van der Waals surface area contributed by atoms with Gasteiger partial charge in [0.05, 0.1) is 0 Å². The minimum atomic E-state index is 0.0404. The van der Waals surface area contributed by atoms with Crippen molar-refractivity contribution in [3.05, 3.63) is 5.01 Å². The molecule has 3 heterocycles. The molecule has 0 saturated carbocycles. The smallest absolute Gasteiger partial charge is 0.227 e. The van der Waals surface area contributed by atoms with Crippen molar-refractivity contribution in [3.63, 3.8) is 0 Å². The van der Waals surface area contributed by atoms with E-state index in [2.05, 4.69) is 32.2 Å². The summed E-state index contributed by atoms with van der Waals surface area (Å²) >= 11 is 1.46. The Morgan fingerprint density at radius 3 is 2.87 bits per heavy atom. The Morgan fingerprint density at radius 2 is 2.17 bits per heavy atom. The minimum Gasteiger partial charge on any atom is -0.300 e. The van der Waals surface area contributed by atoms with Crippen molar-refractivity contribution in [2.75, 3.05) is 31.5 Å². The standard InChI is InChI=1S/C16H27N5OS/c1-3-15-18-19-16(23-15)17-14(22)7-9-20-10-13(11-20)21-8-5-4-6-12(21)2/h12-13H,3-11H2,1-2H3,(H,17,19,22)/t12-/m1/s1. The molecule has 1 aromatic heterocycles. The third kappa shape index (κ3) is 4.28. The highest BCUT2D eigenvalue weighted by atomic mass is 32.1. The maximum absolute atomic E-state index is 12.0. The van der Waals surface area contributed by atoms with Crippen LogP contribution >= 0.6 is 11.3 Å². The van der Waals surface area contributed by atoms with Crippen LogP contribution in [0, 0.1) is 0 Å². The van der Waals surface area contributed by atoms with Gasteiger partial charge < -0.3 is 5.32 Å². The third-order valence-electron chi connectivity index (χ3n) is 4.93. The molecule has 0 aromatic carbocycles. The molecule has 0 unspecified atom stereocenters. The number of likely N-dealkylation sites (tertiary alicyclic amines) is 2. The Bertz CT molecular complexity index is 528. The molecule has 1 aromatic rings. The Balaban J connectivity index is 1.34. The molecule has 128 valence electrons. The second-order valence-corrected chi connectivity index (χ2v) is 7.71. The summed E-state index contributed by atoms with van der Waals surface area (Å²) in [5.74, 6) is 0.0404. The number of carbonyl (C=O) groups is 1. The number of hydrogen-bond acceptors (Lipinski definition) is 6. The molecule has 3 rings (SSSR count). The zero-order valence-corrected chi connectivity index (χ0v) is 14.9. The van der Waals surface area contributed by atoms with E-state index in [4.69, 9.17) is 0 Å². The van der Waals surface area contributed by atoms with Crippen molar-refractivity contribution in [2.45, 2.75) is 58.0 Å². The van der Waals surface area contributed by atoms with E-state index in [-0.39, 0.29) is 5.91 Å². The number of piperidine rings is 1. The lowest BCUT2D eigenvalue weighted by atomic mass is 9.97. The van der Waals surface area contributed by atoms with Crippen LogP contribution in [0.1, 0.15) is 44.5 Å². The summed E-state index contributed by atoms with van der Waals surface area (Å²) < 4.78 is 0. The number of aromatic nitrogens is 2. The predicted octanol–water partition coefficient (Wildman–Crippen LogP) is 1.99. The fourth-order valence-corrected chi connectivity index (χ4v) is 4.18. The highest BCUT2D eigenvalue weighted by molar-refractivity contribution is 7.15. The molecule has 0 bridgehead atoms. The number of amides is 1. The van der Waals surface area contributed by atoms with Gasteiger partial charge in [0.2, 0.25) is 11.0 Å². The number of anilines is 1. The molecular weight excluding hydrogens is 310 g/mol. The third-order valence-corrected chi connectivity index (χ3v) is 5.92. The summed E-state index contributed by atoms with van der Waals surface area (Å²) in [6.45, 7) is 8.69. The first-order chi connectivity index (χ1) is 11.2. The van der Waals surface area contributed by atoms with Gasteiger partial charge in [0.25, 0.3) is 0 Å². The van der Waals surface area contributed by atoms with E-state index < -0.39 is 0 Å². The lowest BCUT2D eigenvalue weighted by molar-refractivity contribution is -0.117. The molecule has 2 aliphatic rings. The van der Waals surface area contributed by atoms with Gasteiger partial charge in [-0.1, -0.05) is 24.7 Å². The number of hydrogen-bond donors (Lipinski definition) is 1. The zero-order valence-electron chi connectivity index (χ0n) is 14.1. The summed E-state index contributed by atoms with van der Waals surface area (Å²) in [7, 11) is 0. The van der Waals surface area contributed by atoms with Crippen LogP contribution in [0.3, 0.4) is 0 Å². The first kappa shape index (κ1) is 16.8. The molecule has 7 heteroatoms. The topological polar surface area (TPSA) is 61.4 Å². The van der Waals surface area contributed by atoms with Crippen LogP contribution in [-0.2, 0) is 11.2 Å². The lowest BCUT2D eigenvalue weighted by Crippen LogP contribution is -2.62. The van der Waals surface area contributed by atoms with E-state index in [1.165, 1.54) is 37.1 Å². The molecule has 1 amide bonds. The Labute approximate surface area is 142 Å². The Kier molecular flexibility index (Phi) is 5.61. The van der Waals surface area contributed by atoms with E-state index in [0.717, 1.165) is 37.1 Å². The average molecular weight is 337 g/mol. The number of aryl methyl sites for hydroxylation is 1. The summed E-state index contributed by atoms with van der Waals surface area (Å²) in [4.78, 5) is 17.0. The molecule has 2 saturated heterocycles.